The highest BCUT2D eigenvalue weighted by atomic mass is 35.5. The van der Waals surface area contributed by atoms with Crippen molar-refractivity contribution in [2.75, 3.05) is 17.6 Å². The van der Waals surface area contributed by atoms with Gasteiger partial charge in [0.1, 0.15) is 10.6 Å². The van der Waals surface area contributed by atoms with Crippen molar-refractivity contribution in [2.24, 2.45) is 0 Å². The van der Waals surface area contributed by atoms with Gasteiger partial charge in [-0.1, -0.05) is 23.2 Å². The number of benzene rings is 2. The highest BCUT2D eigenvalue weighted by molar-refractivity contribution is 7.92. The van der Waals surface area contributed by atoms with Gasteiger partial charge in [-0.3, -0.25) is 4.72 Å². The first-order valence-corrected chi connectivity index (χ1v) is 7.99. The van der Waals surface area contributed by atoms with Gasteiger partial charge in [0.25, 0.3) is 10.0 Å². The van der Waals surface area contributed by atoms with E-state index in [-0.39, 0.29) is 15.7 Å². The minimum atomic E-state index is -3.84. The smallest absolute Gasteiger partial charge is 0.265 e. The van der Waals surface area contributed by atoms with Crippen molar-refractivity contribution in [3.63, 3.8) is 0 Å². The Morgan fingerprint density at radius 2 is 1.86 bits per heavy atom. The fourth-order valence-electron chi connectivity index (χ4n) is 1.66. The van der Waals surface area contributed by atoms with Crippen LogP contribution in [-0.2, 0) is 10.0 Å². The summed E-state index contributed by atoms with van der Waals surface area (Å²) in [6.07, 6.45) is 0. The molecular formula is C13H12Cl2N2O3S. The number of hydrogen-bond acceptors (Lipinski definition) is 4. The molecule has 0 aliphatic rings. The topological polar surface area (TPSA) is 81.4 Å². The Bertz CT molecular complexity index is 779. The van der Waals surface area contributed by atoms with E-state index in [1.54, 1.807) is 0 Å². The van der Waals surface area contributed by atoms with Crippen LogP contribution < -0.4 is 15.2 Å². The lowest BCUT2D eigenvalue weighted by molar-refractivity contribution is 0.403. The maximum absolute atomic E-state index is 12.4. The number of ether oxygens (including phenoxy) is 1. The molecular weight excluding hydrogens is 335 g/mol. The summed E-state index contributed by atoms with van der Waals surface area (Å²) in [4.78, 5) is -0.0256. The molecule has 2 aromatic rings. The average molecular weight is 347 g/mol. The molecule has 0 fully saturated rings. The van der Waals surface area contributed by atoms with E-state index in [1.165, 1.54) is 43.5 Å². The molecule has 8 heteroatoms. The number of anilines is 2. The zero-order chi connectivity index (χ0) is 15.6. The van der Waals surface area contributed by atoms with Crippen LogP contribution in [0.15, 0.2) is 41.3 Å². The van der Waals surface area contributed by atoms with E-state index in [0.29, 0.717) is 16.4 Å². The third-order valence-electron chi connectivity index (χ3n) is 2.67. The Hall–Kier alpha value is -1.63. The molecule has 0 atom stereocenters. The molecule has 21 heavy (non-hydrogen) atoms. The van der Waals surface area contributed by atoms with Gasteiger partial charge in [-0.2, -0.15) is 0 Å². The van der Waals surface area contributed by atoms with Crippen LogP contribution >= 0.6 is 23.2 Å². The van der Waals surface area contributed by atoms with Crippen molar-refractivity contribution in [1.29, 1.82) is 0 Å². The average Bonchev–Trinajstić information content (AvgIpc) is 2.42. The van der Waals surface area contributed by atoms with E-state index >= 15 is 0 Å². The van der Waals surface area contributed by atoms with Gasteiger partial charge >= 0.3 is 0 Å². The Kier molecular flexibility index (Phi) is 4.51. The van der Waals surface area contributed by atoms with Crippen LogP contribution in [0, 0.1) is 0 Å². The van der Waals surface area contributed by atoms with Crippen molar-refractivity contribution in [2.45, 2.75) is 4.90 Å². The second-order valence-corrected chi connectivity index (χ2v) is 6.63. The van der Waals surface area contributed by atoms with Crippen molar-refractivity contribution in [1.82, 2.24) is 0 Å². The van der Waals surface area contributed by atoms with E-state index in [2.05, 4.69) is 4.72 Å². The van der Waals surface area contributed by atoms with Gasteiger partial charge in [-0.15, -0.1) is 0 Å². The minimum Gasteiger partial charge on any atom is -0.495 e. The van der Waals surface area contributed by atoms with E-state index < -0.39 is 10.0 Å². The first-order valence-electron chi connectivity index (χ1n) is 5.75. The van der Waals surface area contributed by atoms with Crippen LogP contribution in [-0.4, -0.2) is 15.5 Å². The van der Waals surface area contributed by atoms with Crippen molar-refractivity contribution in [3.05, 3.63) is 46.4 Å². The fourth-order valence-corrected chi connectivity index (χ4v) is 3.21. The van der Waals surface area contributed by atoms with Crippen LogP contribution in [0.25, 0.3) is 0 Å². The number of nitrogens with one attached hydrogen (secondary N) is 1. The molecule has 0 saturated carbocycles. The van der Waals surface area contributed by atoms with Crippen molar-refractivity contribution in [3.8, 4) is 5.75 Å². The Balaban J connectivity index is 2.40. The molecule has 0 saturated heterocycles. The SMILES string of the molecule is COc1cc(Cl)ccc1S(=O)(=O)Nc1ccc(N)c(Cl)c1. The molecule has 0 aliphatic carbocycles. The lowest BCUT2D eigenvalue weighted by Crippen LogP contribution is -2.14. The van der Waals surface area contributed by atoms with Crippen LogP contribution in [0.1, 0.15) is 0 Å². The largest absolute Gasteiger partial charge is 0.495 e. The van der Waals surface area contributed by atoms with E-state index in [0.717, 1.165) is 0 Å². The molecule has 0 bridgehead atoms. The zero-order valence-corrected chi connectivity index (χ0v) is 13.3. The minimum absolute atomic E-state index is 0.0256. The highest BCUT2D eigenvalue weighted by Crippen LogP contribution is 2.30. The van der Waals surface area contributed by atoms with Gasteiger partial charge in [-0.05, 0) is 30.3 Å². The molecule has 2 aromatic carbocycles. The molecule has 0 heterocycles. The van der Waals surface area contributed by atoms with E-state index in [4.69, 9.17) is 33.7 Å². The quantitative estimate of drug-likeness (QED) is 0.831. The molecule has 0 aromatic heterocycles. The second-order valence-electron chi connectivity index (χ2n) is 4.14. The summed E-state index contributed by atoms with van der Waals surface area (Å²) in [6, 6.07) is 8.71. The van der Waals surface area contributed by atoms with Gasteiger partial charge in [-0.25, -0.2) is 8.42 Å². The van der Waals surface area contributed by atoms with Crippen LogP contribution in [0.4, 0.5) is 11.4 Å². The first-order chi connectivity index (χ1) is 9.83. The summed E-state index contributed by atoms with van der Waals surface area (Å²) in [5, 5.41) is 0.639. The van der Waals surface area contributed by atoms with Crippen LogP contribution in [0.2, 0.25) is 10.0 Å². The maximum atomic E-state index is 12.4. The normalized spacial score (nSPS) is 11.2. The number of methoxy groups -OCH3 is 1. The van der Waals surface area contributed by atoms with Gasteiger partial charge in [0, 0.05) is 11.1 Å². The highest BCUT2D eigenvalue weighted by Gasteiger charge is 2.20. The number of halogens is 2. The molecule has 112 valence electrons. The molecule has 0 spiro atoms. The van der Waals surface area contributed by atoms with Gasteiger partial charge in [0.15, 0.2) is 0 Å². The summed E-state index contributed by atoms with van der Waals surface area (Å²) < 4.78 is 32.2. The van der Waals surface area contributed by atoms with Crippen molar-refractivity contribution >= 4 is 44.6 Å². The zero-order valence-electron chi connectivity index (χ0n) is 10.9. The van der Waals surface area contributed by atoms with Gasteiger partial charge in [0.05, 0.1) is 23.5 Å². The number of nitrogen functional groups attached to an aromatic ring is 1. The van der Waals surface area contributed by atoms with Gasteiger partial charge in [0.2, 0.25) is 0 Å². The maximum Gasteiger partial charge on any atom is 0.265 e. The van der Waals surface area contributed by atoms with Crippen molar-refractivity contribution < 1.29 is 13.2 Å². The molecule has 5 nitrogen and oxygen atoms in total. The Labute approximate surface area is 132 Å². The molecule has 0 radical (unpaired) electrons. The Morgan fingerprint density at radius 3 is 2.48 bits per heavy atom. The first kappa shape index (κ1) is 15.8. The molecule has 0 unspecified atom stereocenters. The fraction of sp³-hybridized carbons (Fsp3) is 0.0769. The van der Waals surface area contributed by atoms with Crippen LogP contribution in [0.5, 0.6) is 5.75 Å². The standard InChI is InChI=1S/C13H12Cl2N2O3S/c1-20-12-6-8(14)2-5-13(12)21(18,19)17-9-3-4-11(16)10(15)7-9/h2-7,17H,16H2,1H3. The number of hydrogen-bond donors (Lipinski definition) is 2. The summed E-state index contributed by atoms with van der Waals surface area (Å²) in [5.74, 6) is 0.150. The van der Waals surface area contributed by atoms with Crippen LogP contribution in [0.3, 0.4) is 0 Å². The predicted molar refractivity (Wildman–Crippen MR) is 84.7 cm³/mol. The molecule has 0 amide bonds. The summed E-state index contributed by atoms with van der Waals surface area (Å²) in [7, 11) is -2.47. The number of rotatable bonds is 4. The molecule has 2 rings (SSSR count). The van der Waals surface area contributed by atoms with Gasteiger partial charge < -0.3 is 10.5 Å². The third-order valence-corrected chi connectivity index (χ3v) is 4.65. The summed E-state index contributed by atoms with van der Waals surface area (Å²) >= 11 is 11.7. The number of nitrogens with two attached hydrogens (primary N) is 1. The summed E-state index contributed by atoms with van der Waals surface area (Å²) in [5.41, 5.74) is 6.24. The molecule has 3 N–H and O–H groups in total. The predicted octanol–water partition coefficient (Wildman–Crippen LogP) is 3.39. The second kappa shape index (κ2) is 6.01. The van der Waals surface area contributed by atoms with E-state index in [1.807, 2.05) is 0 Å². The monoisotopic (exact) mass is 346 g/mol. The Morgan fingerprint density at radius 1 is 1.14 bits per heavy atom. The third kappa shape index (κ3) is 3.53. The van der Waals surface area contributed by atoms with E-state index in [9.17, 15) is 8.42 Å². The molecule has 0 aliphatic heterocycles. The number of sulfonamides is 1. The summed E-state index contributed by atoms with van der Waals surface area (Å²) in [6.45, 7) is 0. The lowest BCUT2D eigenvalue weighted by atomic mass is 10.3. The lowest BCUT2D eigenvalue weighted by Gasteiger charge is -2.12.